The summed E-state index contributed by atoms with van der Waals surface area (Å²) in [4.78, 5) is 26.8. The fourth-order valence-corrected chi connectivity index (χ4v) is 5.37. The number of benzene rings is 1. The van der Waals surface area contributed by atoms with Crippen molar-refractivity contribution in [2.45, 2.75) is 70.4 Å². The number of anilines is 1. The van der Waals surface area contributed by atoms with Crippen molar-refractivity contribution in [2.75, 3.05) is 11.4 Å². The van der Waals surface area contributed by atoms with E-state index in [9.17, 15) is 14.0 Å². The Bertz CT molecular complexity index is 978. The summed E-state index contributed by atoms with van der Waals surface area (Å²) in [7, 11) is 0. The van der Waals surface area contributed by atoms with Crippen LogP contribution in [-0.4, -0.2) is 28.1 Å². The third-order valence-corrected chi connectivity index (χ3v) is 7.03. The molecule has 1 saturated heterocycles. The summed E-state index contributed by atoms with van der Waals surface area (Å²) in [6.45, 7) is 0.743. The van der Waals surface area contributed by atoms with Crippen LogP contribution in [0.25, 0.3) is 0 Å². The van der Waals surface area contributed by atoms with Crippen LogP contribution < -0.4 is 10.2 Å². The third-order valence-electron chi connectivity index (χ3n) is 7.03. The maximum Gasteiger partial charge on any atom is 0.227 e. The number of nitrogens with one attached hydrogen (secondary N) is 1. The highest BCUT2D eigenvalue weighted by atomic mass is 19.1. The summed E-state index contributed by atoms with van der Waals surface area (Å²) in [5.41, 5.74) is 4.33. The molecule has 5 rings (SSSR count). The Hall–Kier alpha value is -2.70. The van der Waals surface area contributed by atoms with Gasteiger partial charge in [-0.2, -0.15) is 5.10 Å². The van der Waals surface area contributed by atoms with Gasteiger partial charge in [-0.15, -0.1) is 0 Å². The van der Waals surface area contributed by atoms with Gasteiger partial charge in [0.2, 0.25) is 11.8 Å². The molecule has 1 aliphatic heterocycles. The number of carbonyl (C=O) groups excluding carboxylic acids is 2. The van der Waals surface area contributed by atoms with Crippen LogP contribution in [0.2, 0.25) is 0 Å². The Kier molecular flexibility index (Phi) is 5.50. The van der Waals surface area contributed by atoms with Crippen molar-refractivity contribution >= 4 is 17.5 Å². The maximum absolute atomic E-state index is 13.2. The first kappa shape index (κ1) is 20.2. The van der Waals surface area contributed by atoms with Crippen LogP contribution in [0, 0.1) is 11.7 Å². The normalized spacial score (nSPS) is 21.5. The number of hydrogen-bond acceptors (Lipinski definition) is 3. The first-order valence-corrected chi connectivity index (χ1v) is 11.5. The molecule has 1 atom stereocenters. The van der Waals surface area contributed by atoms with Gasteiger partial charge in [0, 0.05) is 24.3 Å². The van der Waals surface area contributed by atoms with Gasteiger partial charge < -0.3 is 10.2 Å². The van der Waals surface area contributed by atoms with E-state index in [2.05, 4.69) is 10.00 Å². The molecular formula is C24H29FN4O2. The lowest BCUT2D eigenvalue weighted by molar-refractivity contribution is -0.126. The molecule has 1 aromatic carbocycles. The van der Waals surface area contributed by atoms with Crippen LogP contribution in [0.3, 0.4) is 0 Å². The molecule has 2 fully saturated rings. The van der Waals surface area contributed by atoms with Crippen LogP contribution in [0.15, 0.2) is 24.3 Å². The van der Waals surface area contributed by atoms with Crippen molar-refractivity contribution in [1.82, 2.24) is 15.1 Å². The number of aromatic nitrogens is 2. The van der Waals surface area contributed by atoms with Gasteiger partial charge in [0.15, 0.2) is 0 Å². The van der Waals surface area contributed by atoms with Gasteiger partial charge in [-0.05, 0) is 68.4 Å². The zero-order chi connectivity index (χ0) is 21.4. The second-order valence-corrected chi connectivity index (χ2v) is 9.06. The highest BCUT2D eigenvalue weighted by Crippen LogP contribution is 2.34. The zero-order valence-corrected chi connectivity index (χ0v) is 17.8. The van der Waals surface area contributed by atoms with Crippen molar-refractivity contribution in [3.8, 4) is 0 Å². The van der Waals surface area contributed by atoms with E-state index < -0.39 is 5.92 Å². The summed E-state index contributed by atoms with van der Waals surface area (Å²) in [5, 5.41) is 7.99. The van der Waals surface area contributed by atoms with Gasteiger partial charge in [-0.1, -0.05) is 12.8 Å². The minimum absolute atomic E-state index is 0.102. The van der Waals surface area contributed by atoms with E-state index in [1.807, 2.05) is 0 Å². The molecule has 0 spiro atoms. The van der Waals surface area contributed by atoms with Crippen molar-refractivity contribution in [3.05, 3.63) is 47.0 Å². The van der Waals surface area contributed by atoms with Crippen molar-refractivity contribution in [2.24, 2.45) is 5.92 Å². The summed E-state index contributed by atoms with van der Waals surface area (Å²) in [5.74, 6) is -0.956. The van der Waals surface area contributed by atoms with Gasteiger partial charge in [0.1, 0.15) is 5.82 Å². The molecule has 2 aromatic rings. The Labute approximate surface area is 181 Å². The van der Waals surface area contributed by atoms with Crippen LogP contribution >= 0.6 is 0 Å². The highest BCUT2D eigenvalue weighted by molar-refractivity contribution is 6.00. The molecule has 1 N–H and O–H groups in total. The molecule has 6 nitrogen and oxygen atoms in total. The fourth-order valence-electron chi connectivity index (χ4n) is 5.37. The lowest BCUT2D eigenvalue weighted by Gasteiger charge is -2.18. The maximum atomic E-state index is 13.2. The lowest BCUT2D eigenvalue weighted by Crippen LogP contribution is -2.33. The average molecular weight is 425 g/mol. The van der Waals surface area contributed by atoms with E-state index in [1.54, 1.807) is 17.0 Å². The van der Waals surface area contributed by atoms with Gasteiger partial charge in [0.05, 0.1) is 24.2 Å². The fraction of sp³-hybridized carbons (Fsp3) is 0.542. The van der Waals surface area contributed by atoms with Crippen LogP contribution in [-0.2, 0) is 29.0 Å². The quantitative estimate of drug-likeness (QED) is 0.796. The van der Waals surface area contributed by atoms with Crippen molar-refractivity contribution in [3.63, 3.8) is 0 Å². The third kappa shape index (κ3) is 3.98. The molecule has 31 heavy (non-hydrogen) atoms. The number of carbonyl (C=O) groups is 2. The largest absolute Gasteiger partial charge is 0.350 e. The van der Waals surface area contributed by atoms with Gasteiger partial charge in [0.25, 0.3) is 0 Å². The molecule has 3 aliphatic rings. The Morgan fingerprint density at radius 2 is 1.84 bits per heavy atom. The van der Waals surface area contributed by atoms with Crippen LogP contribution in [0.5, 0.6) is 0 Å². The second-order valence-electron chi connectivity index (χ2n) is 9.06. The second kappa shape index (κ2) is 8.44. The molecule has 2 aliphatic carbocycles. The Morgan fingerprint density at radius 3 is 2.61 bits per heavy atom. The van der Waals surface area contributed by atoms with Gasteiger partial charge in [-0.3, -0.25) is 14.3 Å². The molecule has 0 unspecified atom stereocenters. The Balaban J connectivity index is 1.26. The summed E-state index contributed by atoms with van der Waals surface area (Å²) in [6, 6.07) is 6.33. The molecular weight excluding hydrogens is 395 g/mol. The number of amides is 2. The number of halogens is 1. The predicted molar refractivity (Wildman–Crippen MR) is 115 cm³/mol. The van der Waals surface area contributed by atoms with Gasteiger partial charge in [-0.25, -0.2) is 4.39 Å². The van der Waals surface area contributed by atoms with Gasteiger partial charge >= 0.3 is 0 Å². The molecule has 1 saturated carbocycles. The van der Waals surface area contributed by atoms with E-state index in [1.165, 1.54) is 61.9 Å². The van der Waals surface area contributed by atoms with Crippen molar-refractivity contribution < 1.29 is 14.0 Å². The average Bonchev–Trinajstić information content (AvgIpc) is 3.51. The molecule has 164 valence electrons. The minimum Gasteiger partial charge on any atom is -0.350 e. The van der Waals surface area contributed by atoms with Crippen LogP contribution in [0.4, 0.5) is 10.1 Å². The summed E-state index contributed by atoms with van der Waals surface area (Å²) < 4.78 is 15.4. The summed E-state index contributed by atoms with van der Waals surface area (Å²) >= 11 is 0. The summed E-state index contributed by atoms with van der Waals surface area (Å²) in [6.07, 6.45) is 9.61. The van der Waals surface area contributed by atoms with E-state index >= 15 is 0 Å². The monoisotopic (exact) mass is 424 g/mol. The van der Waals surface area contributed by atoms with Crippen molar-refractivity contribution in [1.29, 1.82) is 0 Å². The van der Waals surface area contributed by atoms with Crippen LogP contribution in [0.1, 0.15) is 67.9 Å². The first-order chi connectivity index (χ1) is 15.1. The topological polar surface area (TPSA) is 67.2 Å². The number of nitrogens with zero attached hydrogens (tertiary/aromatic N) is 3. The SMILES string of the molecule is O=C(NCc1nn(C2CCCC2)c2c1CCCC2)[C@@H]1CC(=O)N(c2ccc(F)cc2)C1. The van der Waals surface area contributed by atoms with E-state index in [4.69, 9.17) is 5.10 Å². The molecule has 7 heteroatoms. The molecule has 0 bridgehead atoms. The molecule has 2 amide bonds. The smallest absolute Gasteiger partial charge is 0.227 e. The molecule has 0 radical (unpaired) electrons. The van der Waals surface area contributed by atoms with E-state index in [-0.39, 0.29) is 24.1 Å². The number of rotatable bonds is 5. The molecule has 1 aromatic heterocycles. The minimum atomic E-state index is -0.398. The zero-order valence-electron chi connectivity index (χ0n) is 17.8. The number of fused-ring (bicyclic) bond motifs is 1. The highest BCUT2D eigenvalue weighted by Gasteiger charge is 2.35. The Morgan fingerprint density at radius 1 is 1.10 bits per heavy atom. The van der Waals surface area contributed by atoms with E-state index in [0.29, 0.717) is 24.8 Å². The predicted octanol–water partition coefficient (Wildman–Crippen LogP) is 3.69. The lowest BCUT2D eigenvalue weighted by atomic mass is 9.95. The van der Waals surface area contributed by atoms with E-state index in [0.717, 1.165) is 18.5 Å². The first-order valence-electron chi connectivity index (χ1n) is 11.5. The molecule has 2 heterocycles. The standard InChI is InChI=1S/C24H29FN4O2/c25-17-9-11-18(12-10-17)28-15-16(13-23(28)30)24(31)26-14-21-20-7-3-4-8-22(20)29(27-21)19-5-1-2-6-19/h9-12,16,19H,1-8,13-15H2,(H,26,31)/t16-/m1/s1. The number of hydrogen-bond donors (Lipinski definition) is 1.